The van der Waals surface area contributed by atoms with E-state index in [0.29, 0.717) is 19.3 Å². The van der Waals surface area contributed by atoms with E-state index in [9.17, 15) is 5.11 Å². The molecule has 7 atom stereocenters. The lowest BCUT2D eigenvalue weighted by Gasteiger charge is -2.32. The van der Waals surface area contributed by atoms with E-state index in [-0.39, 0.29) is 24.8 Å². The van der Waals surface area contributed by atoms with Crippen molar-refractivity contribution >= 4 is 6.29 Å². The average molecular weight is 352 g/mol. The van der Waals surface area contributed by atoms with Gasteiger partial charge in [-0.2, -0.15) is 0 Å². The Kier molecular flexibility index (Phi) is 12.4. The number of carbonyl (C=O) groups is 1. The highest BCUT2D eigenvalue weighted by molar-refractivity contribution is 5.44. The summed E-state index contributed by atoms with van der Waals surface area (Å²) in [5.41, 5.74) is 0. The van der Waals surface area contributed by atoms with Crippen LogP contribution in [-0.2, 0) is 23.7 Å². The van der Waals surface area contributed by atoms with Gasteiger partial charge in [0.2, 0.25) is 0 Å². The zero-order valence-corrected chi connectivity index (χ0v) is 15.1. The van der Waals surface area contributed by atoms with Gasteiger partial charge in [-0.15, -0.1) is 0 Å². The maximum atomic E-state index is 9.18. The lowest BCUT2D eigenvalue weighted by molar-refractivity contribution is -0.289. The van der Waals surface area contributed by atoms with Crippen molar-refractivity contribution < 1.29 is 39.1 Å². The summed E-state index contributed by atoms with van der Waals surface area (Å²) in [7, 11) is 0. The molecule has 3 N–H and O–H groups in total. The molecule has 0 bridgehead atoms. The van der Waals surface area contributed by atoms with Crippen LogP contribution in [0.15, 0.2) is 0 Å². The molecule has 7 unspecified atom stereocenters. The van der Waals surface area contributed by atoms with Crippen molar-refractivity contribution in [2.24, 2.45) is 0 Å². The van der Waals surface area contributed by atoms with Gasteiger partial charge in [0.25, 0.3) is 0 Å². The van der Waals surface area contributed by atoms with Crippen molar-refractivity contribution in [1.29, 1.82) is 0 Å². The molecule has 2 fully saturated rings. The fourth-order valence-corrected chi connectivity index (χ4v) is 2.37. The van der Waals surface area contributed by atoms with Crippen molar-refractivity contribution in [3.05, 3.63) is 0 Å². The van der Waals surface area contributed by atoms with Crippen molar-refractivity contribution in [3.8, 4) is 0 Å². The highest BCUT2D eigenvalue weighted by Gasteiger charge is 2.26. The molecule has 0 radical (unpaired) electrons. The molecule has 2 aliphatic rings. The van der Waals surface area contributed by atoms with Crippen LogP contribution in [0.3, 0.4) is 0 Å². The lowest BCUT2D eigenvalue weighted by Crippen LogP contribution is -2.37. The SMILES string of the molecule is CC(O)CC1CC(O)OC(C)O1.CC1CC(O)OC(C)O1.CC=O. The Bertz CT molecular complexity index is 287. The van der Waals surface area contributed by atoms with E-state index >= 15 is 0 Å². The molecule has 0 aromatic heterocycles. The number of aliphatic hydroxyl groups excluding tert-OH is 3. The summed E-state index contributed by atoms with van der Waals surface area (Å²) in [6.45, 7) is 8.58. The second-order valence-corrected chi connectivity index (χ2v) is 5.81. The molecule has 0 aromatic carbocycles. The molecule has 144 valence electrons. The monoisotopic (exact) mass is 352 g/mol. The van der Waals surface area contributed by atoms with Crippen LogP contribution in [0.4, 0.5) is 0 Å². The van der Waals surface area contributed by atoms with Crippen molar-refractivity contribution in [2.75, 3.05) is 0 Å². The first-order chi connectivity index (χ1) is 11.2. The largest absolute Gasteiger partial charge is 0.393 e. The minimum atomic E-state index is -0.752. The zero-order valence-electron chi connectivity index (χ0n) is 15.1. The number of aliphatic hydroxyl groups is 3. The highest BCUT2D eigenvalue weighted by Crippen LogP contribution is 2.20. The number of hydrogen-bond donors (Lipinski definition) is 3. The zero-order chi connectivity index (χ0) is 18.7. The summed E-state index contributed by atoms with van der Waals surface area (Å²) in [6, 6.07) is 0. The molecule has 2 aliphatic heterocycles. The smallest absolute Gasteiger partial charge is 0.160 e. The van der Waals surface area contributed by atoms with Gasteiger partial charge in [0.05, 0.1) is 18.3 Å². The minimum Gasteiger partial charge on any atom is -0.393 e. The Hall–Kier alpha value is -0.610. The van der Waals surface area contributed by atoms with Crippen LogP contribution in [0.5, 0.6) is 0 Å². The summed E-state index contributed by atoms with van der Waals surface area (Å²) in [6.07, 6.45) is -0.0906. The Morgan fingerprint density at radius 1 is 1.00 bits per heavy atom. The van der Waals surface area contributed by atoms with Crippen LogP contribution in [0.2, 0.25) is 0 Å². The topological polar surface area (TPSA) is 115 Å². The molecule has 2 heterocycles. The molecule has 0 aliphatic carbocycles. The quantitative estimate of drug-likeness (QED) is 0.628. The summed E-state index contributed by atoms with van der Waals surface area (Å²) in [5.74, 6) is 0. The predicted molar refractivity (Wildman–Crippen MR) is 85.8 cm³/mol. The van der Waals surface area contributed by atoms with Gasteiger partial charge in [0.1, 0.15) is 6.29 Å². The van der Waals surface area contributed by atoms with Crippen LogP contribution < -0.4 is 0 Å². The molecule has 8 nitrogen and oxygen atoms in total. The van der Waals surface area contributed by atoms with Gasteiger partial charge in [-0.25, -0.2) is 0 Å². The maximum Gasteiger partial charge on any atom is 0.160 e. The predicted octanol–water partition coefficient (Wildman–Crippen LogP) is 0.909. The lowest BCUT2D eigenvalue weighted by atomic mass is 10.1. The van der Waals surface area contributed by atoms with Crippen LogP contribution in [0.25, 0.3) is 0 Å². The molecule has 0 aromatic rings. The third-order valence-corrected chi connectivity index (χ3v) is 3.11. The molecule has 0 spiro atoms. The Morgan fingerprint density at radius 3 is 1.83 bits per heavy atom. The van der Waals surface area contributed by atoms with E-state index in [0.717, 1.165) is 6.29 Å². The normalized spacial score (nSPS) is 37.2. The van der Waals surface area contributed by atoms with E-state index in [1.165, 1.54) is 6.92 Å². The summed E-state index contributed by atoms with van der Waals surface area (Å²) in [5, 5.41) is 27.2. The van der Waals surface area contributed by atoms with Gasteiger partial charge in [0, 0.05) is 12.8 Å². The Balaban J connectivity index is 0.000000390. The van der Waals surface area contributed by atoms with E-state index in [4.69, 9.17) is 34.0 Å². The Morgan fingerprint density at radius 2 is 1.46 bits per heavy atom. The first-order valence-corrected chi connectivity index (χ1v) is 8.23. The van der Waals surface area contributed by atoms with E-state index in [1.54, 1.807) is 20.8 Å². The fourth-order valence-electron chi connectivity index (χ4n) is 2.37. The summed E-state index contributed by atoms with van der Waals surface area (Å²) >= 11 is 0. The van der Waals surface area contributed by atoms with Crippen molar-refractivity contribution in [2.45, 2.75) is 97.4 Å². The van der Waals surface area contributed by atoms with Gasteiger partial charge in [-0.05, 0) is 41.0 Å². The number of carbonyl (C=O) groups excluding carboxylic acids is 1. The van der Waals surface area contributed by atoms with Crippen LogP contribution >= 0.6 is 0 Å². The van der Waals surface area contributed by atoms with Gasteiger partial charge in [0.15, 0.2) is 25.2 Å². The van der Waals surface area contributed by atoms with E-state index < -0.39 is 18.7 Å². The van der Waals surface area contributed by atoms with Gasteiger partial charge < -0.3 is 39.1 Å². The standard InChI is InChI=1S/C8H16O4.C6H12O3.C2H4O/c1-5(9)3-7-4-8(10)12-6(2)11-7;1-4-3-6(7)9-5(2)8-4;1-2-3/h5-10H,3-4H2,1-2H3;4-7H,3H2,1-2H3;2H,1H3. The second-order valence-electron chi connectivity index (χ2n) is 5.81. The first kappa shape index (κ1) is 23.4. The first-order valence-electron chi connectivity index (χ1n) is 8.23. The van der Waals surface area contributed by atoms with Crippen LogP contribution in [-0.4, -0.2) is 65.1 Å². The molecular weight excluding hydrogens is 320 g/mol. The average Bonchev–Trinajstić information content (AvgIpc) is 2.35. The van der Waals surface area contributed by atoms with Crippen molar-refractivity contribution in [1.82, 2.24) is 0 Å². The maximum absolute atomic E-state index is 9.18. The molecule has 0 saturated carbocycles. The van der Waals surface area contributed by atoms with Gasteiger partial charge in [-0.1, -0.05) is 0 Å². The van der Waals surface area contributed by atoms with E-state index in [2.05, 4.69) is 0 Å². The molecule has 0 amide bonds. The van der Waals surface area contributed by atoms with Crippen molar-refractivity contribution in [3.63, 3.8) is 0 Å². The number of aldehydes is 1. The molecule has 2 saturated heterocycles. The summed E-state index contributed by atoms with van der Waals surface area (Å²) in [4.78, 5) is 8.81. The number of ether oxygens (including phenoxy) is 4. The molecule has 8 heteroatoms. The number of rotatable bonds is 2. The van der Waals surface area contributed by atoms with E-state index in [1.807, 2.05) is 6.92 Å². The highest BCUT2D eigenvalue weighted by atomic mass is 16.7. The second kappa shape index (κ2) is 12.7. The number of hydrogen-bond acceptors (Lipinski definition) is 8. The molecule has 2 rings (SSSR count). The fraction of sp³-hybridized carbons (Fsp3) is 0.938. The molecular formula is C16H32O8. The summed E-state index contributed by atoms with van der Waals surface area (Å²) < 4.78 is 20.3. The van der Waals surface area contributed by atoms with Crippen LogP contribution in [0.1, 0.15) is 53.9 Å². The van der Waals surface area contributed by atoms with Gasteiger partial charge >= 0.3 is 0 Å². The molecule has 24 heavy (non-hydrogen) atoms. The minimum absolute atomic E-state index is 0.0938. The van der Waals surface area contributed by atoms with Gasteiger partial charge in [-0.3, -0.25) is 0 Å². The third kappa shape index (κ3) is 11.9. The Labute approximate surface area is 143 Å². The van der Waals surface area contributed by atoms with Crippen LogP contribution in [0, 0.1) is 0 Å². The third-order valence-electron chi connectivity index (χ3n) is 3.11.